The Kier molecular flexibility index (Phi) is 12.1. The molecule has 0 radical (unpaired) electrons. The van der Waals surface area contributed by atoms with E-state index in [1.54, 1.807) is 0 Å². The van der Waals surface area contributed by atoms with E-state index < -0.39 is 15.8 Å². The maximum atomic E-state index is 11.9. The number of unbranched alkanes of at least 4 members (excludes halogenated alkanes) is 5. The predicted molar refractivity (Wildman–Crippen MR) is 114 cm³/mol. The van der Waals surface area contributed by atoms with Gasteiger partial charge >= 0.3 is 0 Å². The molecule has 0 bridgehead atoms. The van der Waals surface area contributed by atoms with Crippen molar-refractivity contribution in [2.45, 2.75) is 51.4 Å². The molecule has 2 N–H and O–H groups in total. The molecule has 0 saturated carbocycles. The van der Waals surface area contributed by atoms with E-state index in [2.05, 4.69) is 10.6 Å². The van der Waals surface area contributed by atoms with Gasteiger partial charge in [0, 0.05) is 32.0 Å². The lowest BCUT2D eigenvalue weighted by Gasteiger charge is -2.11. The van der Waals surface area contributed by atoms with E-state index in [1.165, 1.54) is 12.1 Å². The van der Waals surface area contributed by atoms with E-state index in [0.29, 0.717) is 25.7 Å². The largest absolute Gasteiger partial charge is 0.379 e. The first-order valence-corrected chi connectivity index (χ1v) is 10.2. The van der Waals surface area contributed by atoms with Gasteiger partial charge in [-0.3, -0.25) is 25.0 Å². The lowest BCUT2D eigenvalue weighted by Crippen LogP contribution is -2.32. The summed E-state index contributed by atoms with van der Waals surface area (Å²) in [5.74, 6) is -0.861. The average Bonchev–Trinajstić information content (AvgIpc) is 2.74. The number of nitro benzene ring substituents is 2. The topological polar surface area (TPSA) is 162 Å². The molecule has 0 aliphatic heterocycles. The summed E-state index contributed by atoms with van der Waals surface area (Å²) in [6.45, 7) is 1.02. The van der Waals surface area contributed by atoms with Crippen LogP contribution < -0.4 is 10.6 Å². The molecule has 1 aromatic carbocycles. The maximum absolute atomic E-state index is 11.9. The van der Waals surface area contributed by atoms with E-state index in [0.717, 1.165) is 44.6 Å². The molecule has 0 atom stereocenters. The van der Waals surface area contributed by atoms with Crippen molar-refractivity contribution in [3.8, 4) is 0 Å². The molecule has 1 amide bonds. The molecule has 11 heteroatoms. The fourth-order valence-electron chi connectivity index (χ4n) is 3.01. The van der Waals surface area contributed by atoms with Crippen LogP contribution in [0.4, 0.5) is 17.1 Å². The SMILES string of the molecule is O=CCC(CC=O)C(=O)NCCCCCCCCNc1ccc([N+](=O)[O-])cc1[N+](=O)[O-]. The van der Waals surface area contributed by atoms with Crippen LogP contribution in [0.25, 0.3) is 0 Å². The smallest absolute Gasteiger partial charge is 0.299 e. The highest BCUT2D eigenvalue weighted by Gasteiger charge is 2.19. The van der Waals surface area contributed by atoms with E-state index in [1.807, 2.05) is 0 Å². The number of rotatable bonds is 17. The van der Waals surface area contributed by atoms with Crippen LogP contribution in [0.1, 0.15) is 51.4 Å². The minimum atomic E-state index is -0.670. The highest BCUT2D eigenvalue weighted by atomic mass is 16.6. The molecule has 0 unspecified atom stereocenters. The van der Waals surface area contributed by atoms with Crippen LogP contribution in [0, 0.1) is 26.1 Å². The number of nitrogens with zero attached hydrogens (tertiary/aromatic N) is 2. The van der Waals surface area contributed by atoms with E-state index in [4.69, 9.17) is 0 Å². The minimum absolute atomic E-state index is 0.0433. The summed E-state index contributed by atoms with van der Waals surface area (Å²) in [6.07, 6.45) is 6.75. The van der Waals surface area contributed by atoms with Crippen molar-refractivity contribution >= 4 is 35.5 Å². The highest BCUT2D eigenvalue weighted by molar-refractivity contribution is 5.83. The Morgan fingerprint density at radius 1 is 0.903 bits per heavy atom. The summed E-state index contributed by atoms with van der Waals surface area (Å²) in [6, 6.07) is 3.52. The van der Waals surface area contributed by atoms with Crippen LogP contribution in [-0.2, 0) is 14.4 Å². The van der Waals surface area contributed by atoms with Crippen LogP contribution >= 0.6 is 0 Å². The van der Waals surface area contributed by atoms with Crippen LogP contribution in [0.3, 0.4) is 0 Å². The third-order valence-corrected chi connectivity index (χ3v) is 4.74. The number of amides is 1. The number of aldehydes is 2. The zero-order valence-electron chi connectivity index (χ0n) is 17.3. The Bertz CT molecular complexity index is 760. The van der Waals surface area contributed by atoms with Gasteiger partial charge in [-0.25, -0.2) is 0 Å². The number of anilines is 1. The number of hydrogen-bond acceptors (Lipinski definition) is 8. The first kappa shape index (κ1) is 25.7. The van der Waals surface area contributed by atoms with Gasteiger partial charge in [-0.15, -0.1) is 0 Å². The number of non-ortho nitro benzene ring substituents is 1. The summed E-state index contributed by atoms with van der Waals surface area (Å²) in [4.78, 5) is 53.4. The molecule has 170 valence electrons. The van der Waals surface area contributed by atoms with Gasteiger partial charge in [0.25, 0.3) is 11.4 Å². The van der Waals surface area contributed by atoms with Crippen molar-refractivity contribution in [1.29, 1.82) is 0 Å². The van der Waals surface area contributed by atoms with Crippen molar-refractivity contribution in [2.24, 2.45) is 5.92 Å². The first-order chi connectivity index (χ1) is 14.9. The second-order valence-electron chi connectivity index (χ2n) is 7.06. The van der Waals surface area contributed by atoms with Crippen molar-refractivity contribution in [2.75, 3.05) is 18.4 Å². The standard InChI is InChI=1S/C20H28N4O7/c25-13-9-16(10-14-26)20(27)22-12-6-4-2-1-3-5-11-21-18-8-7-17(23(28)29)15-19(18)24(30)31/h7-8,13-16,21H,1-6,9-12H2,(H,22,27). The van der Waals surface area contributed by atoms with Gasteiger partial charge < -0.3 is 20.2 Å². The molecule has 11 nitrogen and oxygen atoms in total. The quantitative estimate of drug-likeness (QED) is 0.163. The van der Waals surface area contributed by atoms with Gasteiger partial charge in [-0.05, 0) is 18.9 Å². The molecule has 31 heavy (non-hydrogen) atoms. The molecular formula is C20H28N4O7. The van der Waals surface area contributed by atoms with Gasteiger partial charge in [0.15, 0.2) is 0 Å². The number of nitro groups is 2. The summed E-state index contributed by atoms with van der Waals surface area (Å²) in [5.41, 5.74) is -0.384. The Balaban J connectivity index is 2.18. The van der Waals surface area contributed by atoms with Gasteiger partial charge in [0.05, 0.1) is 21.8 Å². The second-order valence-corrected chi connectivity index (χ2v) is 7.06. The van der Waals surface area contributed by atoms with Crippen molar-refractivity contribution in [1.82, 2.24) is 5.32 Å². The molecule has 0 heterocycles. The summed E-state index contributed by atoms with van der Waals surface area (Å²) >= 11 is 0. The van der Waals surface area contributed by atoms with Gasteiger partial charge in [0.1, 0.15) is 18.3 Å². The average molecular weight is 436 g/mol. The van der Waals surface area contributed by atoms with Crippen molar-refractivity contribution in [3.63, 3.8) is 0 Å². The van der Waals surface area contributed by atoms with Gasteiger partial charge in [-0.1, -0.05) is 25.7 Å². The predicted octanol–water partition coefficient (Wildman–Crippen LogP) is 3.17. The Morgan fingerprint density at radius 3 is 2.03 bits per heavy atom. The first-order valence-electron chi connectivity index (χ1n) is 10.2. The molecule has 0 spiro atoms. The van der Waals surface area contributed by atoms with Crippen molar-refractivity contribution < 1.29 is 24.2 Å². The minimum Gasteiger partial charge on any atom is -0.379 e. The molecule has 1 aromatic rings. The molecule has 0 aliphatic carbocycles. The zero-order valence-corrected chi connectivity index (χ0v) is 17.3. The molecule has 1 rings (SSSR count). The molecule has 0 aliphatic rings. The molecule has 0 aromatic heterocycles. The Morgan fingerprint density at radius 2 is 1.48 bits per heavy atom. The van der Waals surface area contributed by atoms with Crippen molar-refractivity contribution in [3.05, 3.63) is 38.4 Å². The zero-order chi connectivity index (χ0) is 23.1. The summed E-state index contributed by atoms with van der Waals surface area (Å²) in [5, 5.41) is 27.5. The third-order valence-electron chi connectivity index (χ3n) is 4.74. The number of carbonyl (C=O) groups excluding carboxylic acids is 3. The van der Waals surface area contributed by atoms with Crippen LogP contribution in [0.5, 0.6) is 0 Å². The number of carbonyl (C=O) groups is 3. The van der Waals surface area contributed by atoms with E-state index in [9.17, 15) is 34.6 Å². The monoisotopic (exact) mass is 436 g/mol. The summed E-state index contributed by atoms with van der Waals surface area (Å²) < 4.78 is 0. The fraction of sp³-hybridized carbons (Fsp3) is 0.550. The third kappa shape index (κ3) is 9.79. The number of hydrogen-bond donors (Lipinski definition) is 2. The highest BCUT2D eigenvalue weighted by Crippen LogP contribution is 2.28. The second kappa shape index (κ2) is 14.6. The fourth-order valence-corrected chi connectivity index (χ4v) is 3.01. The van der Waals surface area contributed by atoms with Gasteiger partial charge in [0.2, 0.25) is 5.91 Å². The summed E-state index contributed by atoms with van der Waals surface area (Å²) in [7, 11) is 0. The number of benzene rings is 1. The Hall–Kier alpha value is -3.37. The van der Waals surface area contributed by atoms with Crippen LogP contribution in [0.2, 0.25) is 0 Å². The Labute approximate surface area is 179 Å². The lowest BCUT2D eigenvalue weighted by atomic mass is 10.0. The van der Waals surface area contributed by atoms with Crippen LogP contribution in [-0.4, -0.2) is 41.4 Å². The van der Waals surface area contributed by atoms with Gasteiger partial charge in [-0.2, -0.15) is 0 Å². The molecule has 0 fully saturated rings. The molecular weight excluding hydrogens is 408 g/mol. The molecule has 0 saturated heterocycles. The lowest BCUT2D eigenvalue weighted by molar-refractivity contribution is -0.393. The van der Waals surface area contributed by atoms with E-state index >= 15 is 0 Å². The number of nitrogens with one attached hydrogen (secondary N) is 2. The van der Waals surface area contributed by atoms with E-state index in [-0.39, 0.29) is 35.8 Å². The maximum Gasteiger partial charge on any atom is 0.299 e. The normalized spacial score (nSPS) is 10.5. The van der Waals surface area contributed by atoms with Crippen LogP contribution in [0.15, 0.2) is 18.2 Å².